The predicted molar refractivity (Wildman–Crippen MR) is 148 cm³/mol. The molecule has 3 aromatic carbocycles. The van der Waals surface area contributed by atoms with Gasteiger partial charge in [0.05, 0.1) is 12.2 Å². The number of ether oxygens (including phenoxy) is 1. The SMILES string of the molecule is CC1(C)CCC(C)(C)c2cc(-c3cc(-c4ccc(C(=O)O)cc4)ccc3OCCCCCN)ccc21. The maximum absolute atomic E-state index is 11.3. The first kappa shape index (κ1) is 26.0. The number of hydrogen-bond acceptors (Lipinski definition) is 3. The largest absolute Gasteiger partial charge is 0.493 e. The minimum Gasteiger partial charge on any atom is -0.493 e. The van der Waals surface area contributed by atoms with Crippen molar-refractivity contribution in [2.75, 3.05) is 13.2 Å². The van der Waals surface area contributed by atoms with Gasteiger partial charge in [0.1, 0.15) is 5.75 Å². The molecule has 1 aliphatic carbocycles. The van der Waals surface area contributed by atoms with E-state index in [1.165, 1.54) is 17.5 Å². The Morgan fingerprint density at radius 1 is 0.806 bits per heavy atom. The van der Waals surface area contributed by atoms with Gasteiger partial charge in [-0.15, -0.1) is 0 Å². The van der Waals surface area contributed by atoms with Crippen LogP contribution in [0.5, 0.6) is 5.75 Å². The van der Waals surface area contributed by atoms with Crippen molar-refractivity contribution in [3.63, 3.8) is 0 Å². The van der Waals surface area contributed by atoms with E-state index < -0.39 is 5.97 Å². The van der Waals surface area contributed by atoms with E-state index in [0.29, 0.717) is 13.2 Å². The summed E-state index contributed by atoms with van der Waals surface area (Å²) in [4.78, 5) is 11.3. The van der Waals surface area contributed by atoms with Crippen LogP contribution in [0.25, 0.3) is 22.3 Å². The van der Waals surface area contributed by atoms with Gasteiger partial charge in [0, 0.05) is 5.56 Å². The van der Waals surface area contributed by atoms with E-state index in [4.69, 9.17) is 10.5 Å². The highest BCUT2D eigenvalue weighted by molar-refractivity contribution is 5.88. The van der Waals surface area contributed by atoms with Crippen molar-refractivity contribution in [1.82, 2.24) is 0 Å². The maximum Gasteiger partial charge on any atom is 0.335 e. The smallest absolute Gasteiger partial charge is 0.335 e. The lowest BCUT2D eigenvalue weighted by Gasteiger charge is -2.42. The molecule has 0 aliphatic heterocycles. The number of nitrogens with two attached hydrogens (primary N) is 1. The third-order valence-electron chi connectivity index (χ3n) is 7.71. The van der Waals surface area contributed by atoms with Gasteiger partial charge in [0.25, 0.3) is 0 Å². The second kappa shape index (κ2) is 10.5. The number of rotatable bonds is 9. The Kier molecular flexibility index (Phi) is 7.56. The highest BCUT2D eigenvalue weighted by atomic mass is 16.5. The average Bonchev–Trinajstić information content (AvgIpc) is 2.87. The van der Waals surface area contributed by atoms with Crippen LogP contribution in [0.15, 0.2) is 60.7 Å². The highest BCUT2D eigenvalue weighted by Gasteiger charge is 2.37. The van der Waals surface area contributed by atoms with Crippen LogP contribution in [0.3, 0.4) is 0 Å². The van der Waals surface area contributed by atoms with Gasteiger partial charge < -0.3 is 15.6 Å². The van der Waals surface area contributed by atoms with Crippen LogP contribution in [0.2, 0.25) is 0 Å². The van der Waals surface area contributed by atoms with E-state index in [0.717, 1.165) is 53.7 Å². The number of benzene rings is 3. The Labute approximate surface area is 215 Å². The third-order valence-corrected chi connectivity index (χ3v) is 7.71. The van der Waals surface area contributed by atoms with Gasteiger partial charge in [-0.1, -0.05) is 64.1 Å². The molecule has 190 valence electrons. The standard InChI is InChI=1S/C32H39NO3/c1-31(2)16-17-32(3,4)28-21-25(12-14-27(28)31)26-20-24(22-8-10-23(11-9-22)30(34)35)13-15-29(26)36-19-7-5-6-18-33/h8-15,20-21H,5-7,16-19,33H2,1-4H3,(H,34,35). The quantitative estimate of drug-likeness (QED) is 0.307. The molecular formula is C32H39NO3. The average molecular weight is 486 g/mol. The second-order valence-corrected chi connectivity index (χ2v) is 11.3. The molecule has 4 nitrogen and oxygen atoms in total. The van der Waals surface area contributed by atoms with Gasteiger partial charge >= 0.3 is 5.97 Å². The summed E-state index contributed by atoms with van der Waals surface area (Å²) in [7, 11) is 0. The maximum atomic E-state index is 11.3. The minimum atomic E-state index is -0.916. The van der Waals surface area contributed by atoms with E-state index in [-0.39, 0.29) is 16.4 Å². The van der Waals surface area contributed by atoms with E-state index >= 15 is 0 Å². The molecule has 0 amide bonds. The Balaban J connectivity index is 1.76. The van der Waals surface area contributed by atoms with E-state index in [1.807, 2.05) is 18.2 Å². The van der Waals surface area contributed by atoms with Crippen LogP contribution in [-0.4, -0.2) is 24.2 Å². The summed E-state index contributed by atoms with van der Waals surface area (Å²) in [5.41, 5.74) is 13.3. The lowest BCUT2D eigenvalue weighted by atomic mass is 9.63. The fraction of sp³-hybridized carbons (Fsp3) is 0.406. The summed E-state index contributed by atoms with van der Waals surface area (Å²) >= 11 is 0. The first-order chi connectivity index (χ1) is 17.1. The van der Waals surface area contributed by atoms with Crippen molar-refractivity contribution in [3.05, 3.63) is 77.4 Å². The second-order valence-electron chi connectivity index (χ2n) is 11.3. The first-order valence-electron chi connectivity index (χ1n) is 13.1. The molecule has 0 unspecified atom stereocenters. The number of carboxylic acids is 1. The van der Waals surface area contributed by atoms with Gasteiger partial charge in [-0.3, -0.25) is 0 Å². The van der Waals surface area contributed by atoms with Gasteiger partial charge in [-0.25, -0.2) is 4.79 Å². The molecule has 3 aromatic rings. The summed E-state index contributed by atoms with van der Waals surface area (Å²) < 4.78 is 6.30. The number of hydrogen-bond donors (Lipinski definition) is 2. The number of aromatic carboxylic acids is 1. The lowest BCUT2D eigenvalue weighted by molar-refractivity contribution is 0.0697. The molecule has 0 spiro atoms. The van der Waals surface area contributed by atoms with Crippen LogP contribution in [0, 0.1) is 0 Å². The van der Waals surface area contributed by atoms with Crippen LogP contribution in [-0.2, 0) is 10.8 Å². The van der Waals surface area contributed by atoms with E-state index in [1.54, 1.807) is 12.1 Å². The van der Waals surface area contributed by atoms with Crippen molar-refractivity contribution in [1.29, 1.82) is 0 Å². The molecule has 0 heterocycles. The molecule has 36 heavy (non-hydrogen) atoms. The molecule has 0 saturated carbocycles. The first-order valence-corrected chi connectivity index (χ1v) is 13.1. The van der Waals surface area contributed by atoms with Crippen molar-refractivity contribution < 1.29 is 14.6 Å². The number of carboxylic acid groups (broad SMARTS) is 1. The Bertz CT molecular complexity index is 1220. The summed E-state index contributed by atoms with van der Waals surface area (Å²) in [5.74, 6) is -0.0401. The molecule has 1 aliphatic rings. The molecule has 0 radical (unpaired) electrons. The lowest BCUT2D eigenvalue weighted by Crippen LogP contribution is -2.33. The minimum absolute atomic E-state index is 0.119. The van der Waals surface area contributed by atoms with Gasteiger partial charge in [0.15, 0.2) is 0 Å². The summed E-state index contributed by atoms with van der Waals surface area (Å²) in [6, 6.07) is 20.2. The number of carbonyl (C=O) groups is 1. The van der Waals surface area contributed by atoms with Gasteiger partial charge in [0.2, 0.25) is 0 Å². The Morgan fingerprint density at radius 2 is 1.44 bits per heavy atom. The molecule has 4 heteroatoms. The molecule has 0 bridgehead atoms. The van der Waals surface area contributed by atoms with Crippen molar-refractivity contribution in [3.8, 4) is 28.0 Å². The summed E-state index contributed by atoms with van der Waals surface area (Å²) in [6.07, 6.45) is 5.39. The van der Waals surface area contributed by atoms with Crippen molar-refractivity contribution in [2.24, 2.45) is 5.73 Å². The molecular weight excluding hydrogens is 446 g/mol. The summed E-state index contributed by atoms with van der Waals surface area (Å²) in [5, 5.41) is 9.26. The molecule has 4 rings (SSSR count). The van der Waals surface area contributed by atoms with Gasteiger partial charge in [-0.2, -0.15) is 0 Å². The fourth-order valence-electron chi connectivity index (χ4n) is 5.23. The van der Waals surface area contributed by atoms with E-state index in [2.05, 4.69) is 58.0 Å². The normalized spacial score (nSPS) is 15.8. The molecule has 0 fully saturated rings. The predicted octanol–water partition coefficient (Wildman–Crippen LogP) is 7.58. The van der Waals surface area contributed by atoms with Crippen LogP contribution < -0.4 is 10.5 Å². The Morgan fingerprint density at radius 3 is 2.11 bits per heavy atom. The monoisotopic (exact) mass is 485 g/mol. The van der Waals surface area contributed by atoms with Crippen LogP contribution in [0.4, 0.5) is 0 Å². The molecule has 0 aromatic heterocycles. The fourth-order valence-corrected chi connectivity index (χ4v) is 5.23. The van der Waals surface area contributed by atoms with Crippen LogP contribution >= 0.6 is 0 Å². The third kappa shape index (κ3) is 5.49. The van der Waals surface area contributed by atoms with Gasteiger partial charge in [-0.05, 0) is 102 Å². The molecule has 0 atom stereocenters. The number of fused-ring (bicyclic) bond motifs is 1. The topological polar surface area (TPSA) is 72.5 Å². The van der Waals surface area contributed by atoms with E-state index in [9.17, 15) is 9.90 Å². The highest BCUT2D eigenvalue weighted by Crippen LogP contribution is 2.47. The number of unbranched alkanes of at least 4 members (excludes halogenated alkanes) is 2. The summed E-state index contributed by atoms with van der Waals surface area (Å²) in [6.45, 7) is 10.8. The zero-order chi connectivity index (χ0) is 25.9. The van der Waals surface area contributed by atoms with Crippen LogP contribution in [0.1, 0.15) is 81.3 Å². The Hall–Kier alpha value is -3.11. The zero-order valence-electron chi connectivity index (χ0n) is 22.1. The van der Waals surface area contributed by atoms with Crippen molar-refractivity contribution in [2.45, 2.75) is 70.6 Å². The molecule has 0 saturated heterocycles. The zero-order valence-corrected chi connectivity index (χ0v) is 22.1. The molecule has 3 N–H and O–H groups in total. The van der Waals surface area contributed by atoms with Crippen molar-refractivity contribution >= 4 is 5.97 Å².